The molecule has 1 saturated carbocycles. The van der Waals surface area contributed by atoms with E-state index >= 15 is 0 Å². The second-order valence-corrected chi connectivity index (χ2v) is 10.6. The van der Waals surface area contributed by atoms with Gasteiger partial charge in [-0.1, -0.05) is 18.2 Å². The lowest BCUT2D eigenvalue weighted by Crippen LogP contribution is -2.33. The van der Waals surface area contributed by atoms with Crippen molar-refractivity contribution in [2.45, 2.75) is 57.7 Å². The van der Waals surface area contributed by atoms with Crippen molar-refractivity contribution in [3.05, 3.63) is 59.6 Å². The smallest absolute Gasteiger partial charge is 0.417 e. The number of anilines is 4. The number of piperidine rings is 1. The van der Waals surface area contributed by atoms with E-state index in [0.29, 0.717) is 44.5 Å². The summed E-state index contributed by atoms with van der Waals surface area (Å²) in [5.74, 6) is -1.23. The van der Waals surface area contributed by atoms with Crippen LogP contribution in [0.1, 0.15) is 60.3 Å². The number of aryl methyl sites for hydroxylation is 1. The molecular weight excluding hydrogens is 551 g/mol. The summed E-state index contributed by atoms with van der Waals surface area (Å²) >= 11 is 0. The number of pyridine rings is 1. The first-order valence-corrected chi connectivity index (χ1v) is 14.2. The van der Waals surface area contributed by atoms with Crippen molar-refractivity contribution in [2.75, 3.05) is 46.6 Å². The molecule has 42 heavy (non-hydrogen) atoms. The molecule has 3 N–H and O–H groups in total. The Hall–Kier alpha value is -4.29. The minimum Gasteiger partial charge on any atom is -0.417 e. The molecule has 2 aromatic heterocycles. The Bertz CT molecular complexity index is 1380. The van der Waals surface area contributed by atoms with E-state index in [0.717, 1.165) is 43.4 Å². The fourth-order valence-corrected chi connectivity index (χ4v) is 4.89. The average molecular weight is 586 g/mol. The minimum absolute atomic E-state index is 0.192. The van der Waals surface area contributed by atoms with E-state index in [4.69, 9.17) is 4.42 Å². The molecule has 0 bridgehead atoms. The largest absolute Gasteiger partial charge is 0.437 e. The zero-order chi connectivity index (χ0) is 29.7. The van der Waals surface area contributed by atoms with Gasteiger partial charge in [-0.3, -0.25) is 4.79 Å². The lowest BCUT2D eigenvalue weighted by molar-refractivity contribution is -0.141. The van der Waals surface area contributed by atoms with E-state index in [1.165, 1.54) is 6.20 Å². The van der Waals surface area contributed by atoms with Crippen molar-refractivity contribution in [1.29, 1.82) is 0 Å². The number of urea groups is 1. The second-order valence-electron chi connectivity index (χ2n) is 10.6. The number of carbonyl (C=O) groups excluding carboxylic acids is 2. The third-order valence-corrected chi connectivity index (χ3v) is 7.26. The second kappa shape index (κ2) is 12.7. The standard InChI is InChI=1S/C29H34F3N7O3/c1-19-8-3-4-9-22(19)36-27(41)33-14-7-17-39(21-11-12-21)23-13-10-20(18-34-23)35-26(40)24-25(29(30,31)32)37-28(42-24)38-15-5-2-6-16-38/h3-4,8-10,13,18,21H,2,5-7,11-12,14-17H2,1H3,(H,35,40)(H2,33,36,41). The minimum atomic E-state index is -4.84. The van der Waals surface area contributed by atoms with Crippen molar-refractivity contribution < 1.29 is 27.2 Å². The maximum absolute atomic E-state index is 13.7. The molecule has 5 rings (SSSR count). The molecule has 1 aliphatic carbocycles. The van der Waals surface area contributed by atoms with Crippen molar-refractivity contribution in [3.63, 3.8) is 0 Å². The summed E-state index contributed by atoms with van der Waals surface area (Å²) in [5, 5.41) is 8.17. The van der Waals surface area contributed by atoms with Crippen LogP contribution in [0.4, 0.5) is 41.2 Å². The summed E-state index contributed by atoms with van der Waals surface area (Å²) in [6.07, 6.45) is 1.92. The number of hydrogen-bond acceptors (Lipinski definition) is 7. The van der Waals surface area contributed by atoms with E-state index in [1.807, 2.05) is 31.2 Å². The number of carbonyl (C=O) groups is 2. The monoisotopic (exact) mass is 585 g/mol. The van der Waals surface area contributed by atoms with Crippen molar-refractivity contribution in [1.82, 2.24) is 15.3 Å². The Morgan fingerprint density at radius 2 is 1.83 bits per heavy atom. The topological polar surface area (TPSA) is 116 Å². The van der Waals surface area contributed by atoms with Crippen LogP contribution >= 0.6 is 0 Å². The highest BCUT2D eigenvalue weighted by molar-refractivity contribution is 6.03. The molecule has 13 heteroatoms. The normalized spacial score (nSPS) is 15.3. The molecule has 1 aliphatic heterocycles. The van der Waals surface area contributed by atoms with Gasteiger partial charge in [0.25, 0.3) is 11.9 Å². The molecule has 3 heterocycles. The highest BCUT2D eigenvalue weighted by atomic mass is 19.4. The lowest BCUT2D eigenvalue weighted by atomic mass is 10.1. The molecular formula is C29H34F3N7O3. The van der Waals surface area contributed by atoms with E-state index in [-0.39, 0.29) is 17.7 Å². The molecule has 0 radical (unpaired) electrons. The fraction of sp³-hybridized carbons (Fsp3) is 0.448. The Kier molecular flexibility index (Phi) is 8.83. The predicted molar refractivity (Wildman–Crippen MR) is 153 cm³/mol. The van der Waals surface area contributed by atoms with Gasteiger partial charge in [0, 0.05) is 37.9 Å². The summed E-state index contributed by atoms with van der Waals surface area (Å²) in [5.41, 5.74) is 0.623. The summed E-state index contributed by atoms with van der Waals surface area (Å²) in [7, 11) is 0. The molecule has 2 fully saturated rings. The number of nitrogens with zero attached hydrogens (tertiary/aromatic N) is 4. The molecule has 1 aromatic carbocycles. The Labute approximate surface area is 241 Å². The van der Waals surface area contributed by atoms with Crippen molar-refractivity contribution in [2.24, 2.45) is 0 Å². The Balaban J connectivity index is 1.17. The number of nitrogens with one attached hydrogen (secondary N) is 3. The van der Waals surface area contributed by atoms with Crippen LogP contribution in [0.25, 0.3) is 0 Å². The average Bonchev–Trinajstić information content (AvgIpc) is 3.70. The lowest BCUT2D eigenvalue weighted by Gasteiger charge is -2.24. The maximum Gasteiger partial charge on any atom is 0.437 e. The number of amides is 3. The first-order chi connectivity index (χ1) is 20.2. The van der Waals surface area contributed by atoms with Crippen LogP contribution in [0.3, 0.4) is 0 Å². The highest BCUT2D eigenvalue weighted by Gasteiger charge is 2.42. The van der Waals surface area contributed by atoms with E-state index in [9.17, 15) is 22.8 Å². The van der Waals surface area contributed by atoms with Gasteiger partial charge in [-0.15, -0.1) is 0 Å². The third kappa shape index (κ3) is 7.31. The molecule has 3 aromatic rings. The number of hydrogen-bond donors (Lipinski definition) is 3. The first-order valence-electron chi connectivity index (χ1n) is 14.2. The Morgan fingerprint density at radius 3 is 2.50 bits per heavy atom. The zero-order valence-corrected chi connectivity index (χ0v) is 23.3. The fourth-order valence-electron chi connectivity index (χ4n) is 4.89. The quantitative estimate of drug-likeness (QED) is 0.257. The van der Waals surface area contributed by atoms with Crippen molar-refractivity contribution >= 4 is 35.1 Å². The van der Waals surface area contributed by atoms with Crippen LogP contribution in [0, 0.1) is 6.92 Å². The molecule has 2 aliphatic rings. The molecule has 0 unspecified atom stereocenters. The number of benzene rings is 1. The van der Waals surface area contributed by atoms with Crippen LogP contribution in [-0.4, -0.2) is 54.1 Å². The van der Waals surface area contributed by atoms with Gasteiger partial charge in [-0.2, -0.15) is 18.2 Å². The molecule has 3 amide bonds. The van der Waals surface area contributed by atoms with Gasteiger partial charge in [-0.05, 0) is 69.2 Å². The molecule has 0 spiro atoms. The van der Waals surface area contributed by atoms with Gasteiger partial charge >= 0.3 is 12.2 Å². The molecule has 1 saturated heterocycles. The van der Waals surface area contributed by atoms with Crippen LogP contribution in [-0.2, 0) is 6.18 Å². The summed E-state index contributed by atoms with van der Waals surface area (Å²) < 4.78 is 46.4. The van der Waals surface area contributed by atoms with E-state index in [1.54, 1.807) is 17.0 Å². The first kappa shape index (κ1) is 29.2. The van der Waals surface area contributed by atoms with Crippen LogP contribution in [0.2, 0.25) is 0 Å². The van der Waals surface area contributed by atoms with Gasteiger partial charge in [0.1, 0.15) is 5.82 Å². The van der Waals surface area contributed by atoms with Gasteiger partial charge in [0.2, 0.25) is 5.76 Å². The van der Waals surface area contributed by atoms with E-state index < -0.39 is 23.5 Å². The SMILES string of the molecule is Cc1ccccc1NC(=O)NCCCN(c1ccc(NC(=O)c2oc(N3CCCCC3)nc2C(F)(F)F)cn1)C1CC1. The van der Waals surface area contributed by atoms with E-state index in [2.05, 4.69) is 30.8 Å². The summed E-state index contributed by atoms with van der Waals surface area (Å²) in [4.78, 5) is 36.9. The van der Waals surface area contributed by atoms with Gasteiger partial charge < -0.3 is 30.2 Å². The van der Waals surface area contributed by atoms with Gasteiger partial charge in [0.15, 0.2) is 5.69 Å². The van der Waals surface area contributed by atoms with Crippen molar-refractivity contribution in [3.8, 4) is 0 Å². The summed E-state index contributed by atoms with van der Waals surface area (Å²) in [6, 6.07) is 10.7. The zero-order valence-electron chi connectivity index (χ0n) is 23.3. The summed E-state index contributed by atoms with van der Waals surface area (Å²) in [6.45, 7) is 4.09. The third-order valence-electron chi connectivity index (χ3n) is 7.26. The van der Waals surface area contributed by atoms with Gasteiger partial charge in [-0.25, -0.2) is 9.78 Å². The maximum atomic E-state index is 13.7. The molecule has 10 nitrogen and oxygen atoms in total. The molecule has 224 valence electrons. The highest BCUT2D eigenvalue weighted by Crippen LogP contribution is 2.35. The predicted octanol–water partition coefficient (Wildman–Crippen LogP) is 5.82. The number of alkyl halides is 3. The van der Waals surface area contributed by atoms with Crippen LogP contribution < -0.4 is 25.8 Å². The van der Waals surface area contributed by atoms with Crippen LogP contribution in [0.5, 0.6) is 0 Å². The number of para-hydroxylation sites is 1. The number of aromatic nitrogens is 2. The number of halogens is 3. The number of oxazole rings is 1. The van der Waals surface area contributed by atoms with Crippen LogP contribution in [0.15, 0.2) is 47.0 Å². The Morgan fingerprint density at radius 1 is 1.07 bits per heavy atom. The number of rotatable bonds is 10. The van der Waals surface area contributed by atoms with Gasteiger partial charge in [0.05, 0.1) is 11.9 Å². The molecule has 0 atom stereocenters.